The zero-order valence-corrected chi connectivity index (χ0v) is 16.6. The quantitative estimate of drug-likeness (QED) is 0.633. The summed E-state index contributed by atoms with van der Waals surface area (Å²) in [5.74, 6) is 1.23. The lowest BCUT2D eigenvalue weighted by Gasteiger charge is -2.28. The van der Waals surface area contributed by atoms with Crippen LogP contribution in [0.5, 0.6) is 0 Å². The van der Waals surface area contributed by atoms with Gasteiger partial charge in [0.25, 0.3) is 0 Å². The van der Waals surface area contributed by atoms with E-state index in [1.807, 2.05) is 18.2 Å². The van der Waals surface area contributed by atoms with Gasteiger partial charge in [-0.1, -0.05) is 37.6 Å². The fourth-order valence-corrected chi connectivity index (χ4v) is 4.47. The molecule has 0 bridgehead atoms. The molecule has 0 fully saturated rings. The minimum atomic E-state index is 0.542. The van der Waals surface area contributed by atoms with Crippen LogP contribution >= 0.6 is 11.6 Å². The fraction of sp³-hybridized carbons (Fsp3) is 0.429. The summed E-state index contributed by atoms with van der Waals surface area (Å²) in [5, 5.41) is 5.64. The zero-order valence-electron chi connectivity index (χ0n) is 15.9. The van der Waals surface area contributed by atoms with Gasteiger partial charge in [-0.2, -0.15) is 9.61 Å². The molecule has 136 valence electrons. The molecule has 0 spiro atoms. The Labute approximate surface area is 159 Å². The molecule has 2 aromatic heterocycles. The molecule has 4 nitrogen and oxygen atoms in total. The first-order valence-corrected chi connectivity index (χ1v) is 9.84. The van der Waals surface area contributed by atoms with Crippen molar-refractivity contribution in [2.75, 3.05) is 11.4 Å². The summed E-state index contributed by atoms with van der Waals surface area (Å²) in [5.41, 5.74) is 6.52. The van der Waals surface area contributed by atoms with E-state index in [9.17, 15) is 0 Å². The number of nitrogens with zero attached hydrogens (tertiary/aromatic N) is 4. The second-order valence-electron chi connectivity index (χ2n) is 7.12. The zero-order chi connectivity index (χ0) is 18.4. The Balaban J connectivity index is 1.98. The van der Waals surface area contributed by atoms with E-state index < -0.39 is 0 Å². The lowest BCUT2D eigenvalue weighted by Crippen LogP contribution is -2.34. The van der Waals surface area contributed by atoms with Gasteiger partial charge < -0.3 is 4.90 Å². The highest BCUT2D eigenvalue weighted by Gasteiger charge is 2.30. The molecule has 0 amide bonds. The largest absolute Gasteiger partial charge is 0.353 e. The highest BCUT2D eigenvalue weighted by atomic mass is 35.5. The SMILES string of the molecule is CCC(CC)N1CCc2c(C)nc3c(-c4cccc(Cl)c4)c(C)nn3c21. The van der Waals surface area contributed by atoms with Gasteiger partial charge >= 0.3 is 0 Å². The number of rotatable bonds is 4. The molecule has 4 rings (SSSR count). The highest BCUT2D eigenvalue weighted by Crippen LogP contribution is 2.37. The van der Waals surface area contributed by atoms with Crippen LogP contribution in [-0.4, -0.2) is 27.2 Å². The number of halogens is 1. The normalized spacial score (nSPS) is 13.8. The second kappa shape index (κ2) is 6.58. The van der Waals surface area contributed by atoms with Crippen molar-refractivity contribution in [3.05, 3.63) is 46.2 Å². The molecular formula is C21H25ClN4. The van der Waals surface area contributed by atoms with Gasteiger partial charge in [0.1, 0.15) is 5.82 Å². The number of hydrogen-bond acceptors (Lipinski definition) is 3. The van der Waals surface area contributed by atoms with E-state index in [0.29, 0.717) is 6.04 Å². The molecular weight excluding hydrogens is 344 g/mol. The van der Waals surface area contributed by atoms with Crippen LogP contribution < -0.4 is 4.90 Å². The second-order valence-corrected chi connectivity index (χ2v) is 7.56. The van der Waals surface area contributed by atoms with E-state index in [0.717, 1.165) is 59.0 Å². The van der Waals surface area contributed by atoms with Crippen LogP contribution in [0.1, 0.15) is 43.6 Å². The van der Waals surface area contributed by atoms with E-state index >= 15 is 0 Å². The van der Waals surface area contributed by atoms with Crippen LogP contribution in [0.4, 0.5) is 5.82 Å². The lowest BCUT2D eigenvalue weighted by molar-refractivity contribution is 0.563. The number of aromatic nitrogens is 3. The van der Waals surface area contributed by atoms with Crippen molar-refractivity contribution in [2.45, 2.75) is 53.0 Å². The van der Waals surface area contributed by atoms with Crippen molar-refractivity contribution in [3.8, 4) is 11.1 Å². The number of benzene rings is 1. The average Bonchev–Trinajstić information content (AvgIpc) is 3.18. The number of anilines is 1. The van der Waals surface area contributed by atoms with Crippen molar-refractivity contribution in [2.24, 2.45) is 0 Å². The molecule has 1 aliphatic rings. The van der Waals surface area contributed by atoms with Gasteiger partial charge in [-0.3, -0.25) is 0 Å². The third-order valence-corrected chi connectivity index (χ3v) is 5.82. The van der Waals surface area contributed by atoms with Gasteiger partial charge in [0.2, 0.25) is 0 Å². The maximum absolute atomic E-state index is 6.24. The van der Waals surface area contributed by atoms with E-state index in [1.54, 1.807) is 0 Å². The molecule has 1 aliphatic heterocycles. The van der Waals surface area contributed by atoms with Crippen molar-refractivity contribution in [1.29, 1.82) is 0 Å². The molecule has 5 heteroatoms. The molecule has 26 heavy (non-hydrogen) atoms. The van der Waals surface area contributed by atoms with Crippen molar-refractivity contribution in [3.63, 3.8) is 0 Å². The van der Waals surface area contributed by atoms with Gasteiger partial charge in [0, 0.05) is 34.4 Å². The summed E-state index contributed by atoms with van der Waals surface area (Å²) < 4.78 is 2.07. The summed E-state index contributed by atoms with van der Waals surface area (Å²) >= 11 is 6.24. The van der Waals surface area contributed by atoms with Crippen molar-refractivity contribution in [1.82, 2.24) is 14.6 Å². The number of fused-ring (bicyclic) bond motifs is 3. The number of aryl methyl sites for hydroxylation is 2. The first-order chi connectivity index (χ1) is 12.5. The summed E-state index contributed by atoms with van der Waals surface area (Å²) in [4.78, 5) is 7.48. The van der Waals surface area contributed by atoms with E-state index in [-0.39, 0.29) is 0 Å². The van der Waals surface area contributed by atoms with Gasteiger partial charge in [-0.05, 0) is 50.8 Å². The van der Waals surface area contributed by atoms with Crippen molar-refractivity contribution >= 4 is 23.1 Å². The fourth-order valence-electron chi connectivity index (χ4n) is 4.27. The Kier molecular flexibility index (Phi) is 4.39. The Morgan fingerprint density at radius 1 is 1.15 bits per heavy atom. The summed E-state index contributed by atoms with van der Waals surface area (Å²) in [7, 11) is 0. The van der Waals surface area contributed by atoms with Crippen LogP contribution in [0, 0.1) is 13.8 Å². The standard InChI is InChI=1S/C21H25ClN4/c1-5-17(6-2)25-11-10-18-13(3)23-20-19(14(4)24-26(20)21(18)25)15-8-7-9-16(22)12-15/h7-9,12,17H,5-6,10-11H2,1-4H3. The third kappa shape index (κ3) is 2.59. The van der Waals surface area contributed by atoms with Gasteiger partial charge in [-0.15, -0.1) is 0 Å². The summed E-state index contributed by atoms with van der Waals surface area (Å²) in [6.07, 6.45) is 3.33. The van der Waals surface area contributed by atoms with E-state index in [2.05, 4.69) is 43.2 Å². The van der Waals surface area contributed by atoms with Crippen LogP contribution in [-0.2, 0) is 6.42 Å². The molecule has 3 aromatic rings. The Morgan fingerprint density at radius 2 is 1.92 bits per heavy atom. The Morgan fingerprint density at radius 3 is 2.62 bits per heavy atom. The van der Waals surface area contributed by atoms with Crippen LogP contribution in [0.15, 0.2) is 24.3 Å². The first-order valence-electron chi connectivity index (χ1n) is 9.46. The summed E-state index contributed by atoms with van der Waals surface area (Å²) in [6, 6.07) is 8.50. The average molecular weight is 369 g/mol. The Hall–Kier alpha value is -2.07. The van der Waals surface area contributed by atoms with Crippen LogP contribution in [0.3, 0.4) is 0 Å². The topological polar surface area (TPSA) is 33.4 Å². The molecule has 0 unspecified atom stereocenters. The predicted molar refractivity (Wildman–Crippen MR) is 108 cm³/mol. The van der Waals surface area contributed by atoms with Gasteiger partial charge in [0.15, 0.2) is 5.65 Å². The molecule has 0 radical (unpaired) electrons. The molecule has 3 heterocycles. The molecule has 0 aliphatic carbocycles. The van der Waals surface area contributed by atoms with Crippen LogP contribution in [0.2, 0.25) is 5.02 Å². The lowest BCUT2D eigenvalue weighted by atomic mass is 10.1. The predicted octanol–water partition coefficient (Wildman–Crippen LogP) is 5.22. The maximum Gasteiger partial charge on any atom is 0.165 e. The third-order valence-electron chi connectivity index (χ3n) is 5.59. The molecule has 0 atom stereocenters. The first kappa shape index (κ1) is 17.3. The monoisotopic (exact) mass is 368 g/mol. The van der Waals surface area contributed by atoms with Gasteiger partial charge in [0.05, 0.1) is 5.69 Å². The molecule has 1 aromatic carbocycles. The number of hydrogen-bond donors (Lipinski definition) is 0. The van der Waals surface area contributed by atoms with E-state index in [1.165, 1.54) is 11.4 Å². The smallest absolute Gasteiger partial charge is 0.165 e. The minimum Gasteiger partial charge on any atom is -0.353 e. The van der Waals surface area contributed by atoms with Crippen LogP contribution in [0.25, 0.3) is 16.8 Å². The van der Waals surface area contributed by atoms with E-state index in [4.69, 9.17) is 21.7 Å². The molecule has 0 N–H and O–H groups in total. The summed E-state index contributed by atoms with van der Waals surface area (Å²) in [6.45, 7) is 9.77. The Bertz CT molecular complexity index is 972. The maximum atomic E-state index is 6.24. The molecule has 0 saturated heterocycles. The van der Waals surface area contributed by atoms with Crippen molar-refractivity contribution < 1.29 is 0 Å². The minimum absolute atomic E-state index is 0.542. The highest BCUT2D eigenvalue weighted by molar-refractivity contribution is 6.30. The molecule has 0 saturated carbocycles. The van der Waals surface area contributed by atoms with Gasteiger partial charge in [-0.25, -0.2) is 4.98 Å².